The summed E-state index contributed by atoms with van der Waals surface area (Å²) in [5, 5.41) is 5.81. The third-order valence-corrected chi connectivity index (χ3v) is 1.85. The van der Waals surface area contributed by atoms with Crippen molar-refractivity contribution in [1.82, 2.24) is 4.98 Å². The summed E-state index contributed by atoms with van der Waals surface area (Å²) in [6.07, 6.45) is 0.845. The quantitative estimate of drug-likeness (QED) is 0.513. The zero-order chi connectivity index (χ0) is 8.10. The molecule has 3 nitrogen and oxygen atoms in total. The monoisotopic (exact) mass is 170 g/mol. The van der Waals surface area contributed by atoms with Crippen LogP contribution in [0.4, 0.5) is 0 Å². The maximum Gasteiger partial charge on any atom is 0.106 e. The molecule has 0 aliphatic rings. The van der Waals surface area contributed by atoms with Gasteiger partial charge in [0.1, 0.15) is 12.8 Å². The largest absolute Gasteiger partial charge is 0.399 e. The molecule has 0 radical (unpaired) electrons. The van der Waals surface area contributed by atoms with E-state index >= 15 is 0 Å². The molecule has 60 valence electrons. The van der Waals surface area contributed by atoms with Crippen LogP contribution in [0.1, 0.15) is 19.0 Å². The smallest absolute Gasteiger partial charge is 0.106 e. The molecule has 0 N–H and O–H groups in total. The van der Waals surface area contributed by atoms with Crippen molar-refractivity contribution in [1.29, 1.82) is 0 Å². The fourth-order valence-electron chi connectivity index (χ4n) is 0.758. The second-order valence-electron chi connectivity index (χ2n) is 1.95. The lowest BCUT2D eigenvalue weighted by atomic mass is 10.2. The molecule has 0 bridgehead atoms. The Balaban J connectivity index is 2.79. The van der Waals surface area contributed by atoms with Gasteiger partial charge in [0, 0.05) is 5.38 Å². The molecule has 0 aliphatic carbocycles. The highest BCUT2D eigenvalue weighted by Crippen LogP contribution is 2.05. The molecule has 0 amide bonds. The minimum atomic E-state index is 0.845. The molecule has 0 saturated heterocycles. The van der Waals surface area contributed by atoms with E-state index in [2.05, 4.69) is 15.0 Å². The lowest BCUT2D eigenvalue weighted by Gasteiger charge is -1.95. The lowest BCUT2D eigenvalue weighted by molar-refractivity contribution is 0.213. The molecule has 0 aliphatic heterocycles. The standard InChI is InChI=1S/C7H10N2OS/c1-3-6(9-10-2)7-4-11-5-8-7/h4-5H,3H2,1-2H3/b9-6+. The van der Waals surface area contributed by atoms with Gasteiger partial charge in [0.05, 0.1) is 11.2 Å². The molecule has 0 spiro atoms. The predicted molar refractivity (Wildman–Crippen MR) is 46.0 cm³/mol. The van der Waals surface area contributed by atoms with E-state index in [-0.39, 0.29) is 0 Å². The maximum absolute atomic E-state index is 4.67. The zero-order valence-electron chi connectivity index (χ0n) is 6.57. The van der Waals surface area contributed by atoms with Gasteiger partial charge >= 0.3 is 0 Å². The fraction of sp³-hybridized carbons (Fsp3) is 0.429. The van der Waals surface area contributed by atoms with E-state index < -0.39 is 0 Å². The molecule has 4 heteroatoms. The van der Waals surface area contributed by atoms with Crippen LogP contribution in [0.5, 0.6) is 0 Å². The summed E-state index contributed by atoms with van der Waals surface area (Å²) < 4.78 is 0. The Morgan fingerprint density at radius 1 is 1.82 bits per heavy atom. The minimum absolute atomic E-state index is 0.845. The van der Waals surface area contributed by atoms with E-state index in [9.17, 15) is 0 Å². The first-order chi connectivity index (χ1) is 5.38. The third-order valence-electron chi connectivity index (χ3n) is 1.26. The summed E-state index contributed by atoms with van der Waals surface area (Å²) >= 11 is 1.56. The number of aromatic nitrogens is 1. The highest BCUT2D eigenvalue weighted by molar-refractivity contribution is 7.07. The SMILES string of the molecule is CC/C(=N\OC)c1cscn1. The number of thiazole rings is 1. The average Bonchev–Trinajstić information content (AvgIpc) is 2.52. The van der Waals surface area contributed by atoms with Crippen molar-refractivity contribution >= 4 is 17.0 Å². The molecule has 0 aromatic carbocycles. The van der Waals surface area contributed by atoms with Crippen LogP contribution >= 0.6 is 11.3 Å². The van der Waals surface area contributed by atoms with Crippen LogP contribution in [-0.2, 0) is 4.84 Å². The Morgan fingerprint density at radius 3 is 3.09 bits per heavy atom. The molecule has 1 aromatic heterocycles. The molecular formula is C7H10N2OS. The molecule has 0 unspecified atom stereocenters. The first-order valence-electron chi connectivity index (χ1n) is 3.37. The first kappa shape index (κ1) is 8.20. The molecule has 1 aromatic rings. The van der Waals surface area contributed by atoms with Crippen LogP contribution in [0.25, 0.3) is 0 Å². The molecule has 0 saturated carbocycles. The Morgan fingerprint density at radius 2 is 2.64 bits per heavy atom. The van der Waals surface area contributed by atoms with E-state index in [0.29, 0.717) is 0 Å². The van der Waals surface area contributed by atoms with Crippen molar-refractivity contribution in [2.24, 2.45) is 5.16 Å². The number of nitrogens with zero attached hydrogens (tertiary/aromatic N) is 2. The van der Waals surface area contributed by atoms with Gasteiger partial charge in [-0.1, -0.05) is 12.1 Å². The Kier molecular flexibility index (Phi) is 3.04. The van der Waals surface area contributed by atoms with Gasteiger partial charge in [-0.2, -0.15) is 0 Å². The summed E-state index contributed by atoms with van der Waals surface area (Å²) in [4.78, 5) is 8.78. The Labute approximate surface area is 69.7 Å². The van der Waals surface area contributed by atoms with Crippen molar-refractivity contribution in [3.63, 3.8) is 0 Å². The maximum atomic E-state index is 4.67. The third kappa shape index (κ3) is 2.01. The predicted octanol–water partition coefficient (Wildman–Crippen LogP) is 1.90. The van der Waals surface area contributed by atoms with Crippen LogP contribution in [0, 0.1) is 0 Å². The Hall–Kier alpha value is -0.900. The number of hydrogen-bond acceptors (Lipinski definition) is 4. The molecule has 1 heterocycles. The van der Waals surface area contributed by atoms with Crippen LogP contribution in [0.15, 0.2) is 16.0 Å². The van der Waals surface area contributed by atoms with Crippen molar-refractivity contribution in [3.8, 4) is 0 Å². The topological polar surface area (TPSA) is 34.5 Å². The van der Waals surface area contributed by atoms with Crippen molar-refractivity contribution in [2.75, 3.05) is 7.11 Å². The van der Waals surface area contributed by atoms with E-state index in [1.165, 1.54) is 0 Å². The number of rotatable bonds is 3. The van der Waals surface area contributed by atoms with Crippen molar-refractivity contribution < 1.29 is 4.84 Å². The first-order valence-corrected chi connectivity index (χ1v) is 4.31. The highest BCUT2D eigenvalue weighted by atomic mass is 32.1. The van der Waals surface area contributed by atoms with Gasteiger partial charge in [-0.15, -0.1) is 11.3 Å². The second-order valence-corrected chi connectivity index (χ2v) is 2.67. The van der Waals surface area contributed by atoms with E-state index in [1.807, 2.05) is 12.3 Å². The molecular weight excluding hydrogens is 160 g/mol. The molecule has 11 heavy (non-hydrogen) atoms. The minimum Gasteiger partial charge on any atom is -0.399 e. The van der Waals surface area contributed by atoms with Crippen LogP contribution < -0.4 is 0 Å². The summed E-state index contributed by atoms with van der Waals surface area (Å²) in [6.45, 7) is 2.02. The normalized spacial score (nSPS) is 11.6. The van der Waals surface area contributed by atoms with Gasteiger partial charge in [-0.3, -0.25) is 0 Å². The zero-order valence-corrected chi connectivity index (χ0v) is 7.39. The highest BCUT2D eigenvalue weighted by Gasteiger charge is 2.02. The summed E-state index contributed by atoms with van der Waals surface area (Å²) in [5.74, 6) is 0. The molecule has 0 fully saturated rings. The average molecular weight is 170 g/mol. The van der Waals surface area contributed by atoms with E-state index in [4.69, 9.17) is 0 Å². The molecule has 0 atom stereocenters. The van der Waals surface area contributed by atoms with Gasteiger partial charge in [-0.05, 0) is 6.42 Å². The van der Waals surface area contributed by atoms with Crippen LogP contribution in [0.2, 0.25) is 0 Å². The lowest BCUT2D eigenvalue weighted by Crippen LogP contribution is -1.99. The van der Waals surface area contributed by atoms with Crippen LogP contribution in [-0.4, -0.2) is 17.8 Å². The van der Waals surface area contributed by atoms with Gasteiger partial charge in [0.2, 0.25) is 0 Å². The van der Waals surface area contributed by atoms with Gasteiger partial charge < -0.3 is 4.84 Å². The summed E-state index contributed by atoms with van der Waals surface area (Å²) in [5.41, 5.74) is 3.60. The number of oxime groups is 1. The number of hydrogen-bond donors (Lipinski definition) is 0. The van der Waals surface area contributed by atoms with Gasteiger partial charge in [-0.25, -0.2) is 4.98 Å². The van der Waals surface area contributed by atoms with E-state index in [0.717, 1.165) is 17.8 Å². The van der Waals surface area contributed by atoms with Crippen molar-refractivity contribution in [2.45, 2.75) is 13.3 Å². The van der Waals surface area contributed by atoms with Crippen molar-refractivity contribution in [3.05, 3.63) is 16.6 Å². The Bertz CT molecular complexity index is 231. The van der Waals surface area contributed by atoms with Crippen LogP contribution in [0.3, 0.4) is 0 Å². The summed E-state index contributed by atoms with van der Waals surface area (Å²) in [7, 11) is 1.54. The van der Waals surface area contributed by atoms with Gasteiger partial charge in [0.15, 0.2) is 0 Å². The molecule has 1 rings (SSSR count). The summed E-state index contributed by atoms with van der Waals surface area (Å²) in [6, 6.07) is 0. The second kappa shape index (κ2) is 4.08. The van der Waals surface area contributed by atoms with E-state index in [1.54, 1.807) is 24.0 Å². The fourth-order valence-corrected chi connectivity index (χ4v) is 1.32. The van der Waals surface area contributed by atoms with Gasteiger partial charge in [0.25, 0.3) is 0 Å².